The Balaban J connectivity index is 1.86. The molecule has 1 aliphatic heterocycles. The van der Waals surface area contributed by atoms with Crippen molar-refractivity contribution in [2.45, 2.75) is 62.0 Å². The van der Waals surface area contributed by atoms with Gasteiger partial charge < -0.3 is 5.11 Å². The van der Waals surface area contributed by atoms with Crippen molar-refractivity contribution in [2.75, 3.05) is 5.75 Å². The standard InChI is InChI=1S/C28H34O4S2Si/c1-5-28(26(29)30,35(2,3)4)27(19-9-10-20-34(27,31)32)25-18-17-24(33-25)23-15-13-22(14-16-23)21-11-7-6-8-12-21/h6-8,11-18H,5,9-10,19-20H2,1-4H3,(H,29,30)/t27-,28?/m1/s1. The van der Waals surface area contributed by atoms with E-state index >= 15 is 0 Å². The Kier molecular flexibility index (Phi) is 6.90. The molecule has 0 aliphatic carbocycles. The SMILES string of the molecule is CCC(C(=O)O)([C@]1(c2ccc(-c3ccc(-c4ccccc4)cc3)s2)CCCCS1(=O)=O)[Si](C)(C)C. The first-order valence-electron chi connectivity index (χ1n) is 12.2. The number of carboxylic acids is 1. The van der Waals surface area contributed by atoms with Gasteiger partial charge in [0.25, 0.3) is 0 Å². The summed E-state index contributed by atoms with van der Waals surface area (Å²) in [5.74, 6) is -0.919. The monoisotopic (exact) mass is 526 g/mol. The number of carbonyl (C=O) groups is 1. The van der Waals surface area contributed by atoms with Gasteiger partial charge in [-0.25, -0.2) is 8.42 Å². The van der Waals surface area contributed by atoms with E-state index in [-0.39, 0.29) is 5.75 Å². The zero-order chi connectivity index (χ0) is 25.5. The molecule has 0 amide bonds. The van der Waals surface area contributed by atoms with Crippen LogP contribution in [-0.4, -0.2) is 33.3 Å². The van der Waals surface area contributed by atoms with Gasteiger partial charge in [0.2, 0.25) is 0 Å². The van der Waals surface area contributed by atoms with Gasteiger partial charge in [-0.1, -0.05) is 87.6 Å². The Morgan fingerprint density at radius 3 is 2.09 bits per heavy atom. The average molecular weight is 527 g/mol. The first-order valence-corrected chi connectivity index (χ1v) is 18.2. The van der Waals surface area contributed by atoms with Crippen LogP contribution in [0, 0.1) is 0 Å². The topological polar surface area (TPSA) is 71.4 Å². The summed E-state index contributed by atoms with van der Waals surface area (Å²) in [5, 5.41) is 9.40. The predicted octanol–water partition coefficient (Wildman–Crippen LogP) is 7.45. The van der Waals surface area contributed by atoms with Gasteiger partial charge in [-0.2, -0.15) is 0 Å². The van der Waals surface area contributed by atoms with Crippen molar-refractivity contribution >= 4 is 35.2 Å². The third-order valence-corrected chi connectivity index (χ3v) is 15.7. The maximum absolute atomic E-state index is 14.0. The molecular formula is C28H34O4S2Si. The maximum Gasteiger partial charge on any atom is 0.308 e. The molecule has 1 aliphatic rings. The Hall–Kier alpha value is -2.22. The zero-order valence-corrected chi connectivity index (χ0v) is 23.5. The van der Waals surface area contributed by atoms with Crippen LogP contribution in [0.25, 0.3) is 21.6 Å². The summed E-state index contributed by atoms with van der Waals surface area (Å²) in [4.78, 5) is 14.7. The van der Waals surface area contributed by atoms with Crippen molar-refractivity contribution < 1.29 is 18.3 Å². The minimum absolute atomic E-state index is 0.0471. The van der Waals surface area contributed by atoms with Crippen LogP contribution in [-0.2, 0) is 19.4 Å². The number of carboxylic acid groups (broad SMARTS) is 1. The van der Waals surface area contributed by atoms with Gasteiger partial charge in [0.1, 0.15) is 4.75 Å². The summed E-state index contributed by atoms with van der Waals surface area (Å²) >= 11 is 1.45. The molecule has 0 spiro atoms. The molecule has 2 heterocycles. The summed E-state index contributed by atoms with van der Waals surface area (Å²) in [6, 6.07) is 22.3. The lowest BCUT2D eigenvalue weighted by atomic mass is 9.82. The molecule has 0 radical (unpaired) electrons. The van der Waals surface area contributed by atoms with Crippen LogP contribution < -0.4 is 0 Å². The van der Waals surface area contributed by atoms with E-state index in [1.165, 1.54) is 11.3 Å². The van der Waals surface area contributed by atoms with E-state index in [4.69, 9.17) is 0 Å². The van der Waals surface area contributed by atoms with Gasteiger partial charge in [-0.3, -0.25) is 4.79 Å². The van der Waals surface area contributed by atoms with Gasteiger partial charge in [0.05, 0.1) is 18.9 Å². The Labute approximate surface area is 214 Å². The summed E-state index contributed by atoms with van der Waals surface area (Å²) in [5.41, 5.74) is 3.27. The smallest absolute Gasteiger partial charge is 0.308 e. The summed E-state index contributed by atoms with van der Waals surface area (Å²) in [7, 11) is -6.20. The van der Waals surface area contributed by atoms with Crippen molar-refractivity contribution in [3.8, 4) is 21.6 Å². The van der Waals surface area contributed by atoms with E-state index in [0.29, 0.717) is 24.1 Å². The van der Waals surface area contributed by atoms with Gasteiger partial charge in [-0.15, -0.1) is 11.3 Å². The van der Waals surface area contributed by atoms with Crippen LogP contribution in [0.4, 0.5) is 0 Å². The van der Waals surface area contributed by atoms with Gasteiger partial charge in [0.15, 0.2) is 9.84 Å². The second kappa shape index (κ2) is 9.34. The fourth-order valence-electron chi connectivity index (χ4n) is 6.20. The van der Waals surface area contributed by atoms with Crippen LogP contribution in [0.15, 0.2) is 66.7 Å². The molecule has 3 aromatic rings. The molecule has 4 nitrogen and oxygen atoms in total. The van der Waals surface area contributed by atoms with Crippen LogP contribution in [0.2, 0.25) is 24.7 Å². The van der Waals surface area contributed by atoms with Crippen molar-refractivity contribution in [3.63, 3.8) is 0 Å². The van der Waals surface area contributed by atoms with E-state index in [1.54, 1.807) is 0 Å². The summed E-state index contributed by atoms with van der Waals surface area (Å²) in [6.07, 6.45) is 1.98. The highest BCUT2D eigenvalue weighted by molar-refractivity contribution is 7.92. The van der Waals surface area contributed by atoms with E-state index < -0.39 is 33.7 Å². The second-order valence-corrected chi connectivity index (χ2v) is 19.3. The van der Waals surface area contributed by atoms with Gasteiger partial charge in [-0.05, 0) is 48.1 Å². The summed E-state index contributed by atoms with van der Waals surface area (Å²) < 4.78 is 26.6. The first-order chi connectivity index (χ1) is 16.5. The molecule has 1 aromatic heterocycles. The fraction of sp³-hybridized carbons (Fsp3) is 0.393. The molecule has 0 bridgehead atoms. The van der Waals surface area contributed by atoms with Crippen molar-refractivity contribution in [2.24, 2.45) is 0 Å². The molecule has 186 valence electrons. The lowest BCUT2D eigenvalue weighted by Gasteiger charge is -2.54. The zero-order valence-electron chi connectivity index (χ0n) is 20.9. The molecule has 2 aromatic carbocycles. The molecule has 4 rings (SSSR count). The molecule has 1 fully saturated rings. The van der Waals surface area contributed by atoms with E-state index in [0.717, 1.165) is 28.0 Å². The summed E-state index contributed by atoms with van der Waals surface area (Å²) in [6.45, 7) is 7.88. The van der Waals surface area contributed by atoms with Crippen LogP contribution in [0.1, 0.15) is 37.5 Å². The molecule has 35 heavy (non-hydrogen) atoms. The highest BCUT2D eigenvalue weighted by Gasteiger charge is 2.69. The third kappa shape index (κ3) is 4.01. The van der Waals surface area contributed by atoms with E-state index in [2.05, 4.69) is 36.4 Å². The highest BCUT2D eigenvalue weighted by Crippen LogP contribution is 2.64. The normalized spacial score (nSPS) is 21.8. The molecule has 1 saturated heterocycles. The number of hydrogen-bond donors (Lipinski definition) is 1. The molecule has 1 unspecified atom stereocenters. The lowest BCUT2D eigenvalue weighted by Crippen LogP contribution is -2.62. The van der Waals surface area contributed by atoms with Crippen molar-refractivity contribution in [3.05, 3.63) is 71.6 Å². The number of aliphatic carboxylic acids is 1. The minimum atomic E-state index is -3.68. The largest absolute Gasteiger partial charge is 0.481 e. The van der Waals surface area contributed by atoms with Crippen LogP contribution in [0.5, 0.6) is 0 Å². The first kappa shape index (κ1) is 25.9. The number of thiophene rings is 1. The van der Waals surface area contributed by atoms with E-state index in [9.17, 15) is 18.3 Å². The minimum Gasteiger partial charge on any atom is -0.481 e. The number of hydrogen-bond acceptors (Lipinski definition) is 4. The predicted molar refractivity (Wildman–Crippen MR) is 148 cm³/mol. The molecule has 7 heteroatoms. The van der Waals surface area contributed by atoms with Gasteiger partial charge in [0, 0.05) is 9.75 Å². The molecule has 0 saturated carbocycles. The second-order valence-electron chi connectivity index (χ2n) is 10.5. The van der Waals surface area contributed by atoms with Gasteiger partial charge >= 0.3 is 5.97 Å². The molecule has 1 N–H and O–H groups in total. The van der Waals surface area contributed by atoms with Crippen LogP contribution >= 0.6 is 11.3 Å². The Morgan fingerprint density at radius 2 is 1.54 bits per heavy atom. The van der Waals surface area contributed by atoms with Crippen molar-refractivity contribution in [1.82, 2.24) is 0 Å². The number of sulfone groups is 1. The number of rotatable bonds is 7. The Morgan fingerprint density at radius 1 is 0.943 bits per heavy atom. The highest BCUT2D eigenvalue weighted by atomic mass is 32.2. The average Bonchev–Trinajstić information content (AvgIpc) is 3.31. The Bertz CT molecular complexity index is 1310. The van der Waals surface area contributed by atoms with E-state index in [1.807, 2.05) is 56.9 Å². The quantitative estimate of drug-likeness (QED) is 0.325. The van der Waals surface area contributed by atoms with Crippen molar-refractivity contribution in [1.29, 1.82) is 0 Å². The fourth-order valence-corrected chi connectivity index (χ4v) is 15.1. The maximum atomic E-state index is 14.0. The number of benzene rings is 2. The molecule has 2 atom stereocenters. The van der Waals surface area contributed by atoms with Crippen LogP contribution in [0.3, 0.4) is 0 Å². The molecular weight excluding hydrogens is 493 g/mol. The third-order valence-electron chi connectivity index (χ3n) is 7.87. The lowest BCUT2D eigenvalue weighted by molar-refractivity contribution is -0.142.